The van der Waals surface area contributed by atoms with E-state index in [0.717, 1.165) is 18.7 Å². The van der Waals surface area contributed by atoms with Crippen molar-refractivity contribution in [2.24, 2.45) is 0 Å². The number of rotatable bonds is 5. The van der Waals surface area contributed by atoms with Gasteiger partial charge in [-0.2, -0.15) is 0 Å². The van der Waals surface area contributed by atoms with E-state index in [1.165, 1.54) is 11.8 Å². The van der Waals surface area contributed by atoms with E-state index in [0.29, 0.717) is 34.4 Å². The molecule has 20 heavy (non-hydrogen) atoms. The molecule has 0 spiro atoms. The summed E-state index contributed by atoms with van der Waals surface area (Å²) in [6, 6.07) is 3.54. The summed E-state index contributed by atoms with van der Waals surface area (Å²) in [5.74, 6) is 3.10. The molecule has 102 valence electrons. The van der Waals surface area contributed by atoms with Crippen LogP contribution in [0.15, 0.2) is 36.9 Å². The highest BCUT2D eigenvalue weighted by Gasteiger charge is 2.29. The molecule has 3 aromatic rings. The van der Waals surface area contributed by atoms with Gasteiger partial charge in [-0.05, 0) is 25.0 Å². The fourth-order valence-electron chi connectivity index (χ4n) is 1.71. The Labute approximate surface area is 117 Å². The lowest BCUT2D eigenvalue weighted by Gasteiger charge is -1.90. The fourth-order valence-corrected chi connectivity index (χ4v) is 2.32. The van der Waals surface area contributed by atoms with E-state index in [-0.39, 0.29) is 0 Å². The van der Waals surface area contributed by atoms with Crippen molar-refractivity contribution < 1.29 is 13.3 Å². The SMILES string of the molecule is c1coc(-c2nnc(CSc3nnc(C4CC4)o3)o2)c1. The Kier molecular flexibility index (Phi) is 2.80. The first-order valence-electron chi connectivity index (χ1n) is 6.21. The molecule has 3 heterocycles. The van der Waals surface area contributed by atoms with Gasteiger partial charge in [0, 0.05) is 5.92 Å². The van der Waals surface area contributed by atoms with Crippen molar-refractivity contribution in [3.63, 3.8) is 0 Å². The average molecular weight is 290 g/mol. The molecule has 1 aliphatic carbocycles. The highest BCUT2D eigenvalue weighted by Crippen LogP contribution is 2.40. The highest BCUT2D eigenvalue weighted by molar-refractivity contribution is 7.98. The van der Waals surface area contributed by atoms with E-state index in [1.807, 2.05) is 0 Å². The van der Waals surface area contributed by atoms with Crippen LogP contribution in [0.4, 0.5) is 0 Å². The van der Waals surface area contributed by atoms with Crippen LogP contribution in [0.3, 0.4) is 0 Å². The molecule has 0 amide bonds. The Morgan fingerprint density at radius 2 is 2.10 bits per heavy atom. The predicted molar refractivity (Wildman–Crippen MR) is 67.8 cm³/mol. The third-order valence-corrected chi connectivity index (χ3v) is 3.67. The molecule has 0 unspecified atom stereocenters. The molecule has 1 aliphatic rings. The van der Waals surface area contributed by atoms with Gasteiger partial charge in [-0.25, -0.2) is 0 Å². The van der Waals surface area contributed by atoms with Crippen molar-refractivity contribution in [1.29, 1.82) is 0 Å². The predicted octanol–water partition coefficient (Wildman–Crippen LogP) is 2.88. The first-order chi connectivity index (χ1) is 9.88. The molecule has 0 aliphatic heterocycles. The Hall–Kier alpha value is -2.09. The second-order valence-corrected chi connectivity index (χ2v) is 5.37. The summed E-state index contributed by atoms with van der Waals surface area (Å²) < 4.78 is 16.2. The number of thioether (sulfide) groups is 1. The van der Waals surface area contributed by atoms with Crippen molar-refractivity contribution in [3.8, 4) is 11.7 Å². The van der Waals surface area contributed by atoms with Crippen LogP contribution in [-0.2, 0) is 5.75 Å². The first-order valence-corrected chi connectivity index (χ1v) is 7.19. The Balaban J connectivity index is 1.41. The van der Waals surface area contributed by atoms with Gasteiger partial charge in [0.1, 0.15) is 0 Å². The molecule has 3 aromatic heterocycles. The summed E-state index contributed by atoms with van der Waals surface area (Å²) in [6.07, 6.45) is 3.84. The average Bonchev–Trinajstić information content (AvgIpc) is 2.93. The van der Waals surface area contributed by atoms with E-state index in [4.69, 9.17) is 13.3 Å². The minimum atomic E-state index is 0.370. The van der Waals surface area contributed by atoms with Gasteiger partial charge >= 0.3 is 0 Å². The van der Waals surface area contributed by atoms with Gasteiger partial charge in [-0.3, -0.25) is 0 Å². The van der Waals surface area contributed by atoms with E-state index in [9.17, 15) is 0 Å². The summed E-state index contributed by atoms with van der Waals surface area (Å²) >= 11 is 1.38. The number of nitrogens with zero attached hydrogens (tertiary/aromatic N) is 4. The smallest absolute Gasteiger partial charge is 0.283 e. The lowest BCUT2D eigenvalue weighted by Crippen LogP contribution is -1.80. The second kappa shape index (κ2) is 4.78. The van der Waals surface area contributed by atoms with Gasteiger partial charge < -0.3 is 13.3 Å². The van der Waals surface area contributed by atoms with Gasteiger partial charge in [0.05, 0.1) is 12.0 Å². The summed E-state index contributed by atoms with van der Waals surface area (Å²) in [6.45, 7) is 0. The van der Waals surface area contributed by atoms with Gasteiger partial charge in [-0.1, -0.05) is 11.8 Å². The Morgan fingerprint density at radius 3 is 2.90 bits per heavy atom. The Morgan fingerprint density at radius 1 is 1.15 bits per heavy atom. The van der Waals surface area contributed by atoms with Crippen LogP contribution in [-0.4, -0.2) is 20.4 Å². The van der Waals surface area contributed by atoms with Crippen molar-refractivity contribution in [3.05, 3.63) is 30.2 Å². The van der Waals surface area contributed by atoms with Crippen LogP contribution in [0, 0.1) is 0 Å². The topological polar surface area (TPSA) is 91.0 Å². The normalized spacial score (nSPS) is 14.8. The number of hydrogen-bond acceptors (Lipinski definition) is 8. The number of hydrogen-bond donors (Lipinski definition) is 0. The van der Waals surface area contributed by atoms with Crippen LogP contribution < -0.4 is 0 Å². The monoisotopic (exact) mass is 290 g/mol. The molecule has 7 nitrogen and oxygen atoms in total. The first kappa shape index (κ1) is 11.7. The maximum atomic E-state index is 5.54. The van der Waals surface area contributed by atoms with Crippen LogP contribution in [0.5, 0.6) is 0 Å². The minimum absolute atomic E-state index is 0.370. The largest absolute Gasteiger partial charge is 0.459 e. The van der Waals surface area contributed by atoms with Crippen LogP contribution >= 0.6 is 11.8 Å². The van der Waals surface area contributed by atoms with Crippen molar-refractivity contribution in [1.82, 2.24) is 20.4 Å². The van der Waals surface area contributed by atoms with Crippen molar-refractivity contribution >= 4 is 11.8 Å². The van der Waals surface area contributed by atoms with E-state index in [2.05, 4.69) is 20.4 Å². The molecule has 8 heteroatoms. The fraction of sp³-hybridized carbons (Fsp3) is 0.333. The van der Waals surface area contributed by atoms with Crippen molar-refractivity contribution in [2.45, 2.75) is 29.7 Å². The molecular formula is C12H10N4O3S. The molecule has 0 radical (unpaired) electrons. The Bertz CT molecular complexity index is 702. The zero-order chi connectivity index (χ0) is 13.4. The molecule has 0 bridgehead atoms. The van der Waals surface area contributed by atoms with Gasteiger partial charge in [0.25, 0.3) is 11.1 Å². The third-order valence-electron chi connectivity index (χ3n) is 2.87. The molecular weight excluding hydrogens is 280 g/mol. The van der Waals surface area contributed by atoms with Crippen LogP contribution in [0.2, 0.25) is 0 Å². The zero-order valence-electron chi connectivity index (χ0n) is 10.4. The summed E-state index contributed by atoms with van der Waals surface area (Å²) in [5.41, 5.74) is 0. The minimum Gasteiger partial charge on any atom is -0.459 e. The molecule has 0 aromatic carbocycles. The molecule has 4 rings (SSSR count). The van der Waals surface area contributed by atoms with Gasteiger partial charge in [-0.15, -0.1) is 20.4 Å². The van der Waals surface area contributed by atoms with Crippen LogP contribution in [0.1, 0.15) is 30.5 Å². The second-order valence-electron chi connectivity index (χ2n) is 4.45. The molecule has 0 N–H and O–H groups in total. The van der Waals surface area contributed by atoms with Crippen molar-refractivity contribution in [2.75, 3.05) is 0 Å². The van der Waals surface area contributed by atoms with E-state index < -0.39 is 0 Å². The number of furan rings is 1. The summed E-state index contributed by atoms with van der Waals surface area (Å²) in [5, 5.41) is 16.4. The zero-order valence-corrected chi connectivity index (χ0v) is 11.2. The maximum absolute atomic E-state index is 5.54. The molecule has 1 saturated carbocycles. The van der Waals surface area contributed by atoms with E-state index in [1.54, 1.807) is 18.4 Å². The molecule has 0 atom stereocenters. The summed E-state index contributed by atoms with van der Waals surface area (Å²) in [4.78, 5) is 0. The quantitative estimate of drug-likeness (QED) is 0.662. The summed E-state index contributed by atoms with van der Waals surface area (Å²) in [7, 11) is 0. The lowest BCUT2D eigenvalue weighted by atomic mass is 10.4. The lowest BCUT2D eigenvalue weighted by molar-refractivity contribution is 0.413. The van der Waals surface area contributed by atoms with E-state index >= 15 is 0 Å². The van der Waals surface area contributed by atoms with Gasteiger partial charge in [0.15, 0.2) is 5.76 Å². The highest BCUT2D eigenvalue weighted by atomic mass is 32.2. The molecule has 1 fully saturated rings. The van der Waals surface area contributed by atoms with Crippen LogP contribution in [0.25, 0.3) is 11.7 Å². The number of aromatic nitrogens is 4. The van der Waals surface area contributed by atoms with Gasteiger partial charge in [0.2, 0.25) is 11.8 Å². The molecule has 0 saturated heterocycles. The maximum Gasteiger partial charge on any atom is 0.283 e. The standard InChI is InChI=1S/C12H10N4O3S/c1-2-8(17-5-1)11-15-13-9(18-11)6-20-12-16-14-10(19-12)7-3-4-7/h1-2,5,7H,3-4,6H2. The third kappa shape index (κ3) is 2.34.